The molecule has 1 aromatic rings. The summed E-state index contributed by atoms with van der Waals surface area (Å²) in [4.78, 5) is 0. The van der Waals surface area contributed by atoms with Crippen molar-refractivity contribution in [2.45, 2.75) is 26.2 Å². The normalized spacial score (nSPS) is 15.3. The highest BCUT2D eigenvalue weighted by Gasteiger charge is 2.13. The third-order valence-electron chi connectivity index (χ3n) is 2.09. The standard InChI is InChI=1S/C8H10N2/c1-6-5-9-10-8-4-2-3-7(6)8/h5H,2-4H2,1H3. The Morgan fingerprint density at radius 2 is 2.30 bits per heavy atom. The molecule has 0 atom stereocenters. The predicted octanol–water partition coefficient (Wildman–Crippen LogP) is 1.27. The second-order valence-electron chi connectivity index (χ2n) is 2.81. The lowest BCUT2D eigenvalue weighted by atomic mass is 10.1. The first kappa shape index (κ1) is 5.83. The Bertz CT molecular complexity index is 255. The van der Waals surface area contributed by atoms with E-state index in [0.717, 1.165) is 6.42 Å². The Morgan fingerprint density at radius 3 is 3.10 bits per heavy atom. The van der Waals surface area contributed by atoms with E-state index in [9.17, 15) is 0 Å². The fourth-order valence-electron chi connectivity index (χ4n) is 1.53. The van der Waals surface area contributed by atoms with Gasteiger partial charge >= 0.3 is 0 Å². The number of aromatic nitrogens is 2. The summed E-state index contributed by atoms with van der Waals surface area (Å²) in [6, 6.07) is 0. The van der Waals surface area contributed by atoms with Gasteiger partial charge in [0.05, 0.1) is 11.9 Å². The Labute approximate surface area is 60.3 Å². The van der Waals surface area contributed by atoms with Crippen molar-refractivity contribution in [3.05, 3.63) is 23.0 Å². The second-order valence-corrected chi connectivity index (χ2v) is 2.81. The van der Waals surface area contributed by atoms with Gasteiger partial charge in [-0.15, -0.1) is 0 Å². The minimum atomic E-state index is 1.13. The van der Waals surface area contributed by atoms with Crippen molar-refractivity contribution in [2.24, 2.45) is 0 Å². The Morgan fingerprint density at radius 1 is 1.40 bits per heavy atom. The molecule has 1 aliphatic rings. The molecule has 2 rings (SSSR count). The highest BCUT2D eigenvalue weighted by molar-refractivity contribution is 5.29. The molecule has 2 nitrogen and oxygen atoms in total. The maximum absolute atomic E-state index is 4.07. The third-order valence-corrected chi connectivity index (χ3v) is 2.09. The van der Waals surface area contributed by atoms with Crippen LogP contribution in [0.25, 0.3) is 0 Å². The number of fused-ring (bicyclic) bond motifs is 1. The van der Waals surface area contributed by atoms with Crippen molar-refractivity contribution >= 4 is 0 Å². The molecule has 0 aromatic carbocycles. The van der Waals surface area contributed by atoms with Crippen LogP contribution in [0.15, 0.2) is 6.20 Å². The first-order chi connectivity index (χ1) is 4.88. The molecule has 1 heterocycles. The zero-order chi connectivity index (χ0) is 6.97. The molecule has 0 saturated heterocycles. The van der Waals surface area contributed by atoms with Gasteiger partial charge in [0.1, 0.15) is 0 Å². The molecule has 10 heavy (non-hydrogen) atoms. The van der Waals surface area contributed by atoms with Gasteiger partial charge in [-0.3, -0.25) is 0 Å². The predicted molar refractivity (Wildman–Crippen MR) is 38.8 cm³/mol. The van der Waals surface area contributed by atoms with E-state index in [1.54, 1.807) is 0 Å². The summed E-state index contributed by atoms with van der Waals surface area (Å²) in [6.45, 7) is 2.11. The Kier molecular flexibility index (Phi) is 1.19. The number of rotatable bonds is 0. The van der Waals surface area contributed by atoms with Gasteiger partial charge in [0.15, 0.2) is 0 Å². The number of aryl methyl sites for hydroxylation is 2. The maximum Gasteiger partial charge on any atom is 0.0665 e. The van der Waals surface area contributed by atoms with E-state index < -0.39 is 0 Å². The van der Waals surface area contributed by atoms with Crippen molar-refractivity contribution in [3.63, 3.8) is 0 Å². The molecule has 0 amide bonds. The zero-order valence-corrected chi connectivity index (χ0v) is 6.09. The van der Waals surface area contributed by atoms with Gasteiger partial charge < -0.3 is 0 Å². The van der Waals surface area contributed by atoms with Gasteiger partial charge in [0, 0.05) is 0 Å². The summed E-state index contributed by atoms with van der Waals surface area (Å²) in [5.41, 5.74) is 3.97. The second kappa shape index (κ2) is 2.04. The zero-order valence-electron chi connectivity index (χ0n) is 6.09. The van der Waals surface area contributed by atoms with Crippen molar-refractivity contribution in [2.75, 3.05) is 0 Å². The molecule has 0 saturated carbocycles. The van der Waals surface area contributed by atoms with Gasteiger partial charge in [-0.05, 0) is 37.3 Å². The van der Waals surface area contributed by atoms with Gasteiger partial charge in [0.25, 0.3) is 0 Å². The van der Waals surface area contributed by atoms with Crippen LogP contribution in [0.3, 0.4) is 0 Å². The molecule has 52 valence electrons. The average Bonchev–Trinajstić information content (AvgIpc) is 2.36. The van der Waals surface area contributed by atoms with Crippen LogP contribution in [0.1, 0.15) is 23.2 Å². The van der Waals surface area contributed by atoms with Crippen LogP contribution in [-0.4, -0.2) is 10.2 Å². The largest absolute Gasteiger partial charge is 0.159 e. The van der Waals surface area contributed by atoms with Crippen LogP contribution in [-0.2, 0) is 12.8 Å². The molecule has 0 fully saturated rings. The Hall–Kier alpha value is -0.920. The number of nitrogens with zero attached hydrogens (tertiary/aromatic N) is 2. The van der Waals surface area contributed by atoms with Crippen molar-refractivity contribution in [1.82, 2.24) is 10.2 Å². The molecule has 0 bridgehead atoms. The Balaban J connectivity index is 2.59. The van der Waals surface area contributed by atoms with E-state index in [-0.39, 0.29) is 0 Å². The summed E-state index contributed by atoms with van der Waals surface area (Å²) >= 11 is 0. The molecule has 0 unspecified atom stereocenters. The van der Waals surface area contributed by atoms with E-state index in [2.05, 4.69) is 17.1 Å². The minimum absolute atomic E-state index is 1.13. The highest BCUT2D eigenvalue weighted by Crippen LogP contribution is 2.20. The minimum Gasteiger partial charge on any atom is -0.159 e. The van der Waals surface area contributed by atoms with E-state index in [4.69, 9.17) is 0 Å². The molecular weight excluding hydrogens is 124 g/mol. The monoisotopic (exact) mass is 134 g/mol. The molecule has 1 aromatic heterocycles. The lowest BCUT2D eigenvalue weighted by molar-refractivity contribution is 0.878. The lowest BCUT2D eigenvalue weighted by Gasteiger charge is -1.98. The van der Waals surface area contributed by atoms with E-state index in [0.29, 0.717) is 0 Å². The average molecular weight is 134 g/mol. The topological polar surface area (TPSA) is 25.8 Å². The lowest BCUT2D eigenvalue weighted by Crippen LogP contribution is -1.93. The molecule has 0 spiro atoms. The maximum atomic E-state index is 4.07. The van der Waals surface area contributed by atoms with Crippen LogP contribution in [0.4, 0.5) is 0 Å². The van der Waals surface area contributed by atoms with Crippen LogP contribution in [0.2, 0.25) is 0 Å². The first-order valence-electron chi connectivity index (χ1n) is 3.68. The fourth-order valence-corrected chi connectivity index (χ4v) is 1.53. The summed E-state index contributed by atoms with van der Waals surface area (Å²) < 4.78 is 0. The van der Waals surface area contributed by atoms with Crippen LogP contribution in [0.5, 0.6) is 0 Å². The molecular formula is C8H10N2. The van der Waals surface area contributed by atoms with E-state index in [1.165, 1.54) is 29.7 Å². The van der Waals surface area contributed by atoms with Gasteiger partial charge in [0.2, 0.25) is 0 Å². The van der Waals surface area contributed by atoms with Crippen molar-refractivity contribution in [1.29, 1.82) is 0 Å². The highest BCUT2D eigenvalue weighted by atomic mass is 15.1. The number of hydrogen-bond acceptors (Lipinski definition) is 2. The number of hydrogen-bond donors (Lipinski definition) is 0. The summed E-state index contributed by atoms with van der Waals surface area (Å²) in [7, 11) is 0. The van der Waals surface area contributed by atoms with Crippen LogP contribution >= 0.6 is 0 Å². The molecule has 0 aliphatic heterocycles. The SMILES string of the molecule is Cc1cnnc2c1CCC2. The van der Waals surface area contributed by atoms with Gasteiger partial charge in [-0.25, -0.2) is 0 Å². The first-order valence-corrected chi connectivity index (χ1v) is 3.68. The van der Waals surface area contributed by atoms with Crippen LogP contribution in [0, 0.1) is 6.92 Å². The van der Waals surface area contributed by atoms with E-state index in [1.807, 2.05) is 6.20 Å². The summed E-state index contributed by atoms with van der Waals surface area (Å²) in [6.07, 6.45) is 5.44. The summed E-state index contributed by atoms with van der Waals surface area (Å²) in [5.74, 6) is 0. The van der Waals surface area contributed by atoms with Gasteiger partial charge in [-0.1, -0.05) is 0 Å². The molecule has 2 heteroatoms. The van der Waals surface area contributed by atoms with E-state index >= 15 is 0 Å². The quantitative estimate of drug-likeness (QED) is 0.534. The molecule has 0 radical (unpaired) electrons. The van der Waals surface area contributed by atoms with Gasteiger partial charge in [-0.2, -0.15) is 10.2 Å². The van der Waals surface area contributed by atoms with Crippen molar-refractivity contribution in [3.8, 4) is 0 Å². The molecule has 0 N–H and O–H groups in total. The fraction of sp³-hybridized carbons (Fsp3) is 0.500. The third kappa shape index (κ3) is 0.719. The smallest absolute Gasteiger partial charge is 0.0665 e. The summed E-state index contributed by atoms with van der Waals surface area (Å²) in [5, 5.41) is 7.98. The molecule has 1 aliphatic carbocycles. The van der Waals surface area contributed by atoms with Crippen LogP contribution < -0.4 is 0 Å². The van der Waals surface area contributed by atoms with Crippen molar-refractivity contribution < 1.29 is 0 Å².